The largest absolute Gasteiger partial charge is 0.490 e. The zero-order valence-electron chi connectivity index (χ0n) is 15.2. The minimum atomic E-state index is -0.571. The molecule has 0 unspecified atom stereocenters. The first-order valence-electron chi connectivity index (χ1n) is 8.54. The summed E-state index contributed by atoms with van der Waals surface area (Å²) in [6.45, 7) is 2.34. The van der Waals surface area contributed by atoms with Crippen molar-refractivity contribution in [2.75, 3.05) is 6.61 Å². The summed E-state index contributed by atoms with van der Waals surface area (Å²) in [5.41, 5.74) is 1.42. The molecule has 1 fully saturated rings. The van der Waals surface area contributed by atoms with Gasteiger partial charge in [0.05, 0.1) is 15.1 Å². The van der Waals surface area contributed by atoms with Crippen LogP contribution in [-0.4, -0.2) is 23.5 Å². The molecule has 2 aromatic carbocycles. The van der Waals surface area contributed by atoms with E-state index < -0.39 is 16.9 Å². The molecular formula is C19H16IN3O6. The Kier molecular flexibility index (Phi) is 6.32. The van der Waals surface area contributed by atoms with Crippen molar-refractivity contribution >= 4 is 46.3 Å². The van der Waals surface area contributed by atoms with Crippen LogP contribution in [0.25, 0.3) is 6.08 Å². The fourth-order valence-corrected chi connectivity index (χ4v) is 3.42. The maximum absolute atomic E-state index is 11.7. The average molecular weight is 509 g/mol. The number of imide groups is 1. The van der Waals surface area contributed by atoms with Crippen molar-refractivity contribution in [1.82, 2.24) is 10.6 Å². The Balaban J connectivity index is 1.86. The molecule has 10 heteroatoms. The minimum absolute atomic E-state index is 0.00955. The summed E-state index contributed by atoms with van der Waals surface area (Å²) in [5, 5.41) is 15.5. The number of nitro groups is 1. The first-order chi connectivity index (χ1) is 13.9. The number of nitro benzene ring substituents is 1. The number of carbonyl (C=O) groups is 2. The van der Waals surface area contributed by atoms with Gasteiger partial charge in [-0.15, -0.1) is 0 Å². The lowest BCUT2D eigenvalue weighted by Gasteiger charge is -2.15. The van der Waals surface area contributed by atoms with Crippen LogP contribution in [0.4, 0.5) is 10.5 Å². The van der Waals surface area contributed by atoms with Gasteiger partial charge in [-0.1, -0.05) is 12.1 Å². The number of hydrogen-bond donors (Lipinski definition) is 2. The SMILES string of the molecule is CCOc1cc(C=C2NC(=O)NC2=O)cc(I)c1OCc1cccc([N+](=O)[O-])c1. The van der Waals surface area contributed by atoms with Gasteiger partial charge in [0.25, 0.3) is 11.6 Å². The molecule has 29 heavy (non-hydrogen) atoms. The molecule has 0 spiro atoms. The second-order valence-electron chi connectivity index (χ2n) is 5.94. The number of urea groups is 1. The van der Waals surface area contributed by atoms with Crippen molar-refractivity contribution < 1.29 is 24.0 Å². The van der Waals surface area contributed by atoms with E-state index in [0.29, 0.717) is 29.2 Å². The summed E-state index contributed by atoms with van der Waals surface area (Å²) >= 11 is 2.08. The van der Waals surface area contributed by atoms with Crippen molar-refractivity contribution in [2.24, 2.45) is 0 Å². The van der Waals surface area contributed by atoms with Gasteiger partial charge in [-0.25, -0.2) is 4.79 Å². The quantitative estimate of drug-likeness (QED) is 0.194. The topological polar surface area (TPSA) is 120 Å². The van der Waals surface area contributed by atoms with Gasteiger partial charge in [-0.2, -0.15) is 0 Å². The van der Waals surface area contributed by atoms with Gasteiger partial charge < -0.3 is 14.8 Å². The first kappa shape index (κ1) is 20.6. The number of carbonyl (C=O) groups excluding carboxylic acids is 2. The van der Waals surface area contributed by atoms with Crippen LogP contribution in [0.15, 0.2) is 42.1 Å². The van der Waals surface area contributed by atoms with Crippen molar-refractivity contribution in [3.63, 3.8) is 0 Å². The predicted molar refractivity (Wildman–Crippen MR) is 112 cm³/mol. The number of rotatable bonds is 7. The van der Waals surface area contributed by atoms with Crippen LogP contribution >= 0.6 is 22.6 Å². The highest BCUT2D eigenvalue weighted by molar-refractivity contribution is 14.1. The second-order valence-corrected chi connectivity index (χ2v) is 7.11. The molecule has 2 aromatic rings. The molecule has 1 heterocycles. The highest BCUT2D eigenvalue weighted by atomic mass is 127. The number of amides is 3. The fourth-order valence-electron chi connectivity index (χ4n) is 2.64. The number of benzene rings is 2. The van der Waals surface area contributed by atoms with Gasteiger partial charge in [0.2, 0.25) is 0 Å². The highest BCUT2D eigenvalue weighted by Gasteiger charge is 2.23. The van der Waals surface area contributed by atoms with Crippen molar-refractivity contribution in [3.05, 3.63) is 66.9 Å². The molecule has 9 nitrogen and oxygen atoms in total. The Hall–Kier alpha value is -3.15. The van der Waals surface area contributed by atoms with Crippen LogP contribution in [0.2, 0.25) is 0 Å². The summed E-state index contributed by atoms with van der Waals surface area (Å²) in [6.07, 6.45) is 1.54. The molecule has 0 saturated carbocycles. The third-order valence-electron chi connectivity index (χ3n) is 3.87. The monoisotopic (exact) mass is 509 g/mol. The van der Waals surface area contributed by atoms with Gasteiger partial charge in [0.1, 0.15) is 12.3 Å². The summed E-state index contributed by atoms with van der Waals surface area (Å²) in [5.74, 6) is 0.441. The number of hydrogen-bond acceptors (Lipinski definition) is 6. The molecule has 3 rings (SSSR count). The van der Waals surface area contributed by atoms with E-state index in [1.807, 2.05) is 6.92 Å². The van der Waals surface area contributed by atoms with Crippen LogP contribution < -0.4 is 20.1 Å². The molecule has 0 aliphatic carbocycles. The van der Waals surface area contributed by atoms with Gasteiger partial charge in [0.15, 0.2) is 11.5 Å². The van der Waals surface area contributed by atoms with Crippen molar-refractivity contribution in [3.8, 4) is 11.5 Å². The lowest BCUT2D eigenvalue weighted by Crippen LogP contribution is -2.22. The Morgan fingerprint density at radius 1 is 1.17 bits per heavy atom. The third kappa shape index (κ3) is 5.02. The first-order valence-corrected chi connectivity index (χ1v) is 9.61. The summed E-state index contributed by atoms with van der Waals surface area (Å²) < 4.78 is 12.3. The molecule has 0 bridgehead atoms. The summed E-state index contributed by atoms with van der Waals surface area (Å²) in [7, 11) is 0. The molecule has 3 amide bonds. The molecule has 1 aliphatic heterocycles. The molecule has 1 aliphatic rings. The summed E-state index contributed by atoms with van der Waals surface area (Å²) in [6, 6.07) is 9.10. The smallest absolute Gasteiger partial charge is 0.326 e. The lowest BCUT2D eigenvalue weighted by atomic mass is 10.1. The molecular weight excluding hydrogens is 493 g/mol. The van der Waals surface area contributed by atoms with Gasteiger partial charge in [-0.05, 0) is 58.9 Å². The van der Waals surface area contributed by atoms with E-state index >= 15 is 0 Å². The van der Waals surface area contributed by atoms with E-state index in [4.69, 9.17) is 9.47 Å². The van der Waals surface area contributed by atoms with Crippen LogP contribution in [0, 0.1) is 13.7 Å². The molecule has 0 atom stereocenters. The number of halogens is 1. The normalized spacial score (nSPS) is 14.5. The predicted octanol–water partition coefficient (Wildman–Crippen LogP) is 3.36. The highest BCUT2D eigenvalue weighted by Crippen LogP contribution is 2.35. The standard InChI is InChI=1S/C19H16IN3O6/c1-2-28-16-9-12(8-15-18(24)22-19(25)21-15)7-14(20)17(16)29-10-11-4-3-5-13(6-11)23(26)27/h3-9H,2,10H2,1H3,(H2,21,22,24,25). The van der Waals surface area contributed by atoms with E-state index in [9.17, 15) is 19.7 Å². The maximum atomic E-state index is 11.7. The van der Waals surface area contributed by atoms with E-state index in [1.54, 1.807) is 24.3 Å². The average Bonchev–Trinajstić information content (AvgIpc) is 2.98. The van der Waals surface area contributed by atoms with Crippen LogP contribution in [0.5, 0.6) is 11.5 Å². The van der Waals surface area contributed by atoms with Crippen molar-refractivity contribution in [1.29, 1.82) is 0 Å². The molecule has 0 aromatic heterocycles. The van der Waals surface area contributed by atoms with E-state index in [2.05, 4.69) is 33.2 Å². The third-order valence-corrected chi connectivity index (χ3v) is 4.67. The lowest BCUT2D eigenvalue weighted by molar-refractivity contribution is -0.384. The molecule has 1 saturated heterocycles. The van der Waals surface area contributed by atoms with Gasteiger partial charge in [0, 0.05) is 12.1 Å². The fraction of sp³-hybridized carbons (Fsp3) is 0.158. The molecule has 2 N–H and O–H groups in total. The molecule has 150 valence electrons. The van der Waals surface area contributed by atoms with E-state index in [1.165, 1.54) is 18.2 Å². The Bertz CT molecular complexity index is 1020. The van der Waals surface area contributed by atoms with Gasteiger partial charge in [-0.3, -0.25) is 20.2 Å². The Morgan fingerprint density at radius 2 is 1.97 bits per heavy atom. The van der Waals surface area contributed by atoms with Crippen LogP contribution in [-0.2, 0) is 11.4 Å². The number of nitrogens with one attached hydrogen (secondary N) is 2. The zero-order chi connectivity index (χ0) is 21.0. The second kappa shape index (κ2) is 8.90. The van der Waals surface area contributed by atoms with Crippen LogP contribution in [0.1, 0.15) is 18.1 Å². The number of ether oxygens (including phenoxy) is 2. The van der Waals surface area contributed by atoms with Crippen molar-refractivity contribution in [2.45, 2.75) is 13.5 Å². The van der Waals surface area contributed by atoms with E-state index in [-0.39, 0.29) is 18.0 Å². The Labute approximate surface area is 179 Å². The number of non-ortho nitro benzene ring substituents is 1. The number of nitrogens with zero attached hydrogens (tertiary/aromatic N) is 1. The minimum Gasteiger partial charge on any atom is -0.490 e. The van der Waals surface area contributed by atoms with Crippen LogP contribution in [0.3, 0.4) is 0 Å². The maximum Gasteiger partial charge on any atom is 0.326 e. The summed E-state index contributed by atoms with van der Waals surface area (Å²) in [4.78, 5) is 33.4. The van der Waals surface area contributed by atoms with Gasteiger partial charge >= 0.3 is 6.03 Å². The van der Waals surface area contributed by atoms with E-state index in [0.717, 1.165) is 3.57 Å². The molecule has 0 radical (unpaired) electrons. The Morgan fingerprint density at radius 3 is 2.62 bits per heavy atom. The zero-order valence-corrected chi connectivity index (χ0v) is 17.4.